The van der Waals surface area contributed by atoms with Gasteiger partial charge in [0.15, 0.2) is 0 Å². The minimum absolute atomic E-state index is 0.122. The Labute approximate surface area is 194 Å². The number of hydrogen-bond donors (Lipinski definition) is 0. The lowest BCUT2D eigenvalue weighted by molar-refractivity contribution is 0.00578. The normalized spacial score (nSPS) is 32.2. The van der Waals surface area contributed by atoms with Crippen LogP contribution in [-0.2, 0) is 18.6 Å². The highest BCUT2D eigenvalue weighted by molar-refractivity contribution is 6.58. The quantitative estimate of drug-likeness (QED) is 0.535. The fourth-order valence-electron chi connectivity index (χ4n) is 4.38. The predicted octanol–water partition coefficient (Wildman–Crippen LogP) is 6.12. The number of hydrogen-bond acceptors (Lipinski definition) is 4. The van der Waals surface area contributed by atoms with Gasteiger partial charge >= 0.3 is 14.2 Å². The molecule has 4 nitrogen and oxygen atoms in total. The molecule has 0 bridgehead atoms. The Morgan fingerprint density at radius 2 is 1.25 bits per heavy atom. The molecule has 2 atom stereocenters. The van der Waals surface area contributed by atoms with Crippen molar-refractivity contribution in [3.8, 4) is 0 Å². The Morgan fingerprint density at radius 3 is 1.81 bits per heavy atom. The van der Waals surface area contributed by atoms with Gasteiger partial charge in [-0.25, -0.2) is 0 Å². The summed E-state index contributed by atoms with van der Waals surface area (Å²) in [5.74, 6) is -0.122. The van der Waals surface area contributed by atoms with Crippen molar-refractivity contribution >= 4 is 20.3 Å². The second-order valence-electron chi connectivity index (χ2n) is 11.2. The van der Waals surface area contributed by atoms with Crippen molar-refractivity contribution in [3.05, 3.63) is 66.3 Å². The number of rotatable bonds is 4. The van der Waals surface area contributed by atoms with Crippen LogP contribution in [-0.4, -0.2) is 36.6 Å². The molecule has 0 aromatic heterocycles. The van der Waals surface area contributed by atoms with Crippen LogP contribution in [0.15, 0.2) is 60.7 Å². The van der Waals surface area contributed by atoms with Crippen LogP contribution >= 0.6 is 0 Å². The molecule has 1 aliphatic carbocycles. The molecule has 170 valence electrons. The highest BCUT2D eigenvalue weighted by Gasteiger charge is 2.65. The molecule has 1 aromatic rings. The Bertz CT molecular complexity index is 900. The smallest absolute Gasteiger partial charge is 0.403 e. The van der Waals surface area contributed by atoms with E-state index < -0.39 is 42.0 Å². The van der Waals surface area contributed by atoms with Crippen molar-refractivity contribution in [2.75, 3.05) is 0 Å². The molecular formula is C26H36B2O4. The largest absolute Gasteiger partial charge is 0.472 e. The molecule has 0 saturated carbocycles. The van der Waals surface area contributed by atoms with Gasteiger partial charge in [-0.1, -0.05) is 66.8 Å². The average Bonchev–Trinajstić information content (AvgIpc) is 3.07. The second-order valence-corrected chi connectivity index (χ2v) is 11.2. The van der Waals surface area contributed by atoms with E-state index in [9.17, 15) is 0 Å². The van der Waals surface area contributed by atoms with Crippen molar-refractivity contribution in [1.29, 1.82) is 0 Å². The molecule has 1 aromatic carbocycles. The van der Waals surface area contributed by atoms with Gasteiger partial charge in [0.05, 0.1) is 22.4 Å². The van der Waals surface area contributed by atoms with Crippen LogP contribution in [0, 0.1) is 0 Å². The third kappa shape index (κ3) is 3.85. The SMILES string of the molecule is CC1(C)OB(C2C=CC=CC2(C=Cc2ccccc2)B2OC(C)(C)C(C)(C)O2)OC1(C)C. The molecule has 2 aliphatic heterocycles. The lowest BCUT2D eigenvalue weighted by atomic mass is 9.41. The number of allylic oxidation sites excluding steroid dienone is 5. The van der Waals surface area contributed by atoms with E-state index in [2.05, 4.69) is 104 Å². The van der Waals surface area contributed by atoms with E-state index in [0.29, 0.717) is 0 Å². The van der Waals surface area contributed by atoms with E-state index in [0.717, 1.165) is 5.56 Å². The van der Waals surface area contributed by atoms with E-state index in [1.807, 2.05) is 18.2 Å². The van der Waals surface area contributed by atoms with Crippen LogP contribution in [0.5, 0.6) is 0 Å². The maximum Gasteiger partial charge on any atom is 0.472 e. The Kier molecular flexibility index (Phi) is 5.69. The monoisotopic (exact) mass is 434 g/mol. The summed E-state index contributed by atoms with van der Waals surface area (Å²) in [6, 6.07) is 10.3. The average molecular weight is 434 g/mol. The summed E-state index contributed by atoms with van der Waals surface area (Å²) in [7, 11) is -0.918. The summed E-state index contributed by atoms with van der Waals surface area (Å²) in [5.41, 5.74) is -0.602. The summed E-state index contributed by atoms with van der Waals surface area (Å²) in [6.45, 7) is 16.7. The van der Waals surface area contributed by atoms with E-state index >= 15 is 0 Å². The third-order valence-electron chi connectivity index (χ3n) is 7.98. The first kappa shape index (κ1) is 23.6. The zero-order chi connectivity index (χ0) is 23.4. The molecule has 0 radical (unpaired) electrons. The molecule has 2 heterocycles. The fraction of sp³-hybridized carbons (Fsp3) is 0.538. The van der Waals surface area contributed by atoms with Crippen molar-refractivity contribution in [2.24, 2.45) is 0 Å². The van der Waals surface area contributed by atoms with Gasteiger partial charge in [0.25, 0.3) is 0 Å². The van der Waals surface area contributed by atoms with Gasteiger partial charge < -0.3 is 18.6 Å². The van der Waals surface area contributed by atoms with Crippen molar-refractivity contribution in [3.63, 3.8) is 0 Å². The van der Waals surface area contributed by atoms with Gasteiger partial charge in [0.1, 0.15) is 0 Å². The lowest BCUT2D eigenvalue weighted by Gasteiger charge is -2.38. The van der Waals surface area contributed by atoms with E-state index in [1.54, 1.807) is 0 Å². The summed E-state index contributed by atoms with van der Waals surface area (Å²) in [6.07, 6.45) is 12.8. The van der Waals surface area contributed by atoms with Gasteiger partial charge in [0, 0.05) is 11.1 Å². The molecule has 32 heavy (non-hydrogen) atoms. The topological polar surface area (TPSA) is 36.9 Å². The van der Waals surface area contributed by atoms with Crippen molar-refractivity contribution in [2.45, 2.75) is 88.9 Å². The molecule has 0 spiro atoms. The van der Waals surface area contributed by atoms with E-state index in [4.69, 9.17) is 18.6 Å². The third-order valence-corrected chi connectivity index (χ3v) is 7.98. The van der Waals surface area contributed by atoms with Gasteiger partial charge in [-0.2, -0.15) is 0 Å². The van der Waals surface area contributed by atoms with Gasteiger partial charge in [-0.3, -0.25) is 0 Å². The Morgan fingerprint density at radius 1 is 0.719 bits per heavy atom. The first-order valence-corrected chi connectivity index (χ1v) is 11.6. The van der Waals surface area contributed by atoms with Crippen LogP contribution < -0.4 is 0 Å². The maximum atomic E-state index is 6.62. The summed E-state index contributed by atoms with van der Waals surface area (Å²) >= 11 is 0. The summed E-state index contributed by atoms with van der Waals surface area (Å²) in [5, 5.41) is -0.600. The van der Waals surface area contributed by atoms with E-state index in [-0.39, 0.29) is 5.82 Å². The second kappa shape index (κ2) is 7.73. The van der Waals surface area contributed by atoms with Crippen LogP contribution in [0.4, 0.5) is 0 Å². The summed E-state index contributed by atoms with van der Waals surface area (Å²) < 4.78 is 26.3. The minimum atomic E-state index is -0.600. The zero-order valence-electron chi connectivity index (χ0n) is 20.7. The molecule has 6 heteroatoms. The standard InChI is InChI=1S/C26H36B2O4/c1-22(2)23(3,4)30-27(29-22)21-16-12-13-18-26(21,19-17-20-14-10-9-11-15-20)28-31-24(5,6)25(7,8)32-28/h9-19,21H,1-8H3. The Hall–Kier alpha value is -1.59. The fourth-order valence-corrected chi connectivity index (χ4v) is 4.38. The zero-order valence-corrected chi connectivity index (χ0v) is 20.7. The molecule has 0 N–H and O–H groups in total. The Balaban J connectivity index is 1.78. The molecule has 3 aliphatic rings. The highest BCUT2D eigenvalue weighted by atomic mass is 16.7. The molecule has 0 amide bonds. The molecule has 2 unspecified atom stereocenters. The molecular weight excluding hydrogens is 398 g/mol. The summed E-state index contributed by atoms with van der Waals surface area (Å²) in [4.78, 5) is 0. The predicted molar refractivity (Wildman–Crippen MR) is 132 cm³/mol. The molecule has 2 fully saturated rings. The van der Waals surface area contributed by atoms with E-state index in [1.165, 1.54) is 0 Å². The van der Waals surface area contributed by atoms with Crippen LogP contribution in [0.25, 0.3) is 6.08 Å². The van der Waals surface area contributed by atoms with Gasteiger partial charge in [-0.05, 0) is 61.0 Å². The molecule has 2 saturated heterocycles. The highest BCUT2D eigenvalue weighted by Crippen LogP contribution is 2.58. The van der Waals surface area contributed by atoms with Crippen molar-refractivity contribution in [1.82, 2.24) is 0 Å². The first-order chi connectivity index (χ1) is 14.8. The number of benzene rings is 1. The van der Waals surface area contributed by atoms with Gasteiger partial charge in [-0.15, -0.1) is 0 Å². The van der Waals surface area contributed by atoms with Crippen molar-refractivity contribution < 1.29 is 18.6 Å². The van der Waals surface area contributed by atoms with Crippen LogP contribution in [0.2, 0.25) is 11.1 Å². The lowest BCUT2D eigenvalue weighted by Crippen LogP contribution is -2.43. The van der Waals surface area contributed by atoms with Crippen LogP contribution in [0.3, 0.4) is 0 Å². The minimum Gasteiger partial charge on any atom is -0.403 e. The molecule has 4 rings (SSSR count). The van der Waals surface area contributed by atoms with Gasteiger partial charge in [0.2, 0.25) is 0 Å². The maximum absolute atomic E-state index is 6.62. The van der Waals surface area contributed by atoms with Crippen LogP contribution in [0.1, 0.15) is 61.0 Å². The first-order valence-electron chi connectivity index (χ1n) is 11.6.